The van der Waals surface area contributed by atoms with E-state index in [1.165, 1.54) is 23.0 Å². The van der Waals surface area contributed by atoms with E-state index in [-0.39, 0.29) is 11.8 Å². The second kappa shape index (κ2) is 6.02. The number of fused-ring (bicyclic) bond motifs is 4. The van der Waals surface area contributed by atoms with Gasteiger partial charge in [-0.1, -0.05) is 23.9 Å². The average Bonchev–Trinajstić information content (AvgIpc) is 3.18. The second-order valence-corrected chi connectivity index (χ2v) is 8.73. The van der Waals surface area contributed by atoms with Crippen LogP contribution in [0.5, 0.6) is 0 Å². The van der Waals surface area contributed by atoms with Gasteiger partial charge >= 0.3 is 0 Å². The highest BCUT2D eigenvalue weighted by Gasteiger charge is 2.57. The van der Waals surface area contributed by atoms with Gasteiger partial charge in [0.1, 0.15) is 0 Å². The first kappa shape index (κ1) is 16.7. The summed E-state index contributed by atoms with van der Waals surface area (Å²) < 4.78 is 0. The summed E-state index contributed by atoms with van der Waals surface area (Å²) >= 11 is 1.50. The summed E-state index contributed by atoms with van der Waals surface area (Å²) in [6.45, 7) is 1.06. The Kier molecular flexibility index (Phi) is 3.72. The molecule has 0 radical (unpaired) electrons. The van der Waals surface area contributed by atoms with Gasteiger partial charge in [0.2, 0.25) is 5.91 Å². The van der Waals surface area contributed by atoms with Crippen molar-refractivity contribution < 1.29 is 9.59 Å². The third-order valence-corrected chi connectivity index (χ3v) is 7.19. The van der Waals surface area contributed by atoms with Gasteiger partial charge in [-0.2, -0.15) is 0 Å². The molecule has 1 atom stereocenters. The molecule has 3 aliphatic rings. The molecule has 2 aromatic rings. The molecule has 0 saturated carbocycles. The minimum Gasteiger partial charge on any atom is -0.374 e. The first-order chi connectivity index (χ1) is 13.1. The molecule has 6 heteroatoms. The number of carbonyl (C=O) groups excluding carboxylic acids is 2. The molecule has 2 amide bonds. The summed E-state index contributed by atoms with van der Waals surface area (Å²) in [5.74, 6) is -0.0895. The summed E-state index contributed by atoms with van der Waals surface area (Å²) in [6, 6.07) is 13.9. The van der Waals surface area contributed by atoms with E-state index in [4.69, 9.17) is 0 Å². The van der Waals surface area contributed by atoms with E-state index in [9.17, 15) is 9.59 Å². The minimum absolute atomic E-state index is 0.0228. The maximum atomic E-state index is 13.3. The van der Waals surface area contributed by atoms with Gasteiger partial charge in [0.05, 0.1) is 5.69 Å². The predicted octanol–water partition coefficient (Wildman–Crippen LogP) is 3.64. The van der Waals surface area contributed by atoms with E-state index in [2.05, 4.69) is 29.4 Å². The zero-order chi connectivity index (χ0) is 18.6. The number of nitrogens with zero attached hydrogens (tertiary/aromatic N) is 2. The number of para-hydroxylation sites is 1. The molecule has 0 aromatic heterocycles. The highest BCUT2D eigenvalue weighted by molar-refractivity contribution is 8.02. The molecule has 1 saturated heterocycles. The van der Waals surface area contributed by atoms with Crippen LogP contribution in [0.3, 0.4) is 0 Å². The highest BCUT2D eigenvalue weighted by Crippen LogP contribution is 2.56. The molecule has 1 fully saturated rings. The normalized spacial score (nSPS) is 23.1. The van der Waals surface area contributed by atoms with Gasteiger partial charge in [0, 0.05) is 36.3 Å². The summed E-state index contributed by atoms with van der Waals surface area (Å²) in [5.41, 5.74) is 4.16. The minimum atomic E-state index is -0.868. The van der Waals surface area contributed by atoms with Crippen molar-refractivity contribution in [1.82, 2.24) is 0 Å². The van der Waals surface area contributed by atoms with Crippen molar-refractivity contribution in [3.05, 3.63) is 48.0 Å². The van der Waals surface area contributed by atoms with Crippen molar-refractivity contribution in [3.63, 3.8) is 0 Å². The average molecular weight is 379 g/mol. The summed E-state index contributed by atoms with van der Waals surface area (Å²) in [7, 11) is 2.10. The van der Waals surface area contributed by atoms with E-state index in [1.54, 1.807) is 4.90 Å². The number of carbonyl (C=O) groups is 2. The van der Waals surface area contributed by atoms with Crippen molar-refractivity contribution in [2.24, 2.45) is 0 Å². The van der Waals surface area contributed by atoms with Crippen LogP contribution in [0.4, 0.5) is 17.1 Å². The van der Waals surface area contributed by atoms with Gasteiger partial charge in [-0.25, -0.2) is 0 Å². The fourth-order valence-electron chi connectivity index (χ4n) is 4.39. The molecular formula is C21H21N3O2S. The maximum Gasteiger partial charge on any atom is 0.261 e. The molecule has 5 nitrogen and oxygen atoms in total. The van der Waals surface area contributed by atoms with Crippen LogP contribution in [-0.4, -0.2) is 30.3 Å². The molecule has 2 aromatic carbocycles. The molecule has 0 aliphatic carbocycles. The Hall–Kier alpha value is -2.47. The standard InChI is InChI=1S/C21H21N3O2S/c1-23-12-4-5-14-13-15(8-9-16(14)23)22-20(26)21-11-10-19(25)24(21)17-6-2-3-7-18(17)27-21/h2-3,6-9,13H,4-5,10-12H2,1H3,(H,22,26). The van der Waals surface area contributed by atoms with Crippen molar-refractivity contribution in [2.45, 2.75) is 35.4 Å². The Morgan fingerprint density at radius 1 is 1.15 bits per heavy atom. The molecule has 0 bridgehead atoms. The predicted molar refractivity (Wildman–Crippen MR) is 108 cm³/mol. The van der Waals surface area contributed by atoms with E-state index in [0.29, 0.717) is 12.8 Å². The lowest BCUT2D eigenvalue weighted by molar-refractivity contribution is -0.121. The van der Waals surface area contributed by atoms with Gasteiger partial charge in [-0.15, -0.1) is 0 Å². The summed E-state index contributed by atoms with van der Waals surface area (Å²) in [4.78, 5) is 29.9. The lowest BCUT2D eigenvalue weighted by Crippen LogP contribution is -2.49. The van der Waals surface area contributed by atoms with Crippen LogP contribution >= 0.6 is 11.8 Å². The summed E-state index contributed by atoms with van der Waals surface area (Å²) in [5, 5.41) is 3.09. The van der Waals surface area contributed by atoms with E-state index < -0.39 is 4.87 Å². The molecule has 0 spiro atoms. The van der Waals surface area contributed by atoms with Crippen LogP contribution in [0.2, 0.25) is 0 Å². The van der Waals surface area contributed by atoms with Gasteiger partial charge in [-0.3, -0.25) is 14.5 Å². The third-order valence-electron chi connectivity index (χ3n) is 5.72. The molecule has 3 heterocycles. The fourth-order valence-corrected chi connectivity index (χ4v) is 5.80. The van der Waals surface area contributed by atoms with Crippen molar-refractivity contribution in [3.8, 4) is 0 Å². The van der Waals surface area contributed by atoms with E-state index in [0.717, 1.165) is 35.7 Å². The Labute approximate surface area is 162 Å². The molecule has 138 valence electrons. The number of thioether (sulfide) groups is 1. The van der Waals surface area contributed by atoms with E-state index in [1.807, 2.05) is 30.3 Å². The Balaban J connectivity index is 1.45. The molecule has 1 unspecified atom stereocenters. The number of hydrogen-bond acceptors (Lipinski definition) is 4. The first-order valence-corrected chi connectivity index (χ1v) is 10.2. The van der Waals surface area contributed by atoms with Gasteiger partial charge in [0.15, 0.2) is 4.87 Å². The number of anilines is 3. The Morgan fingerprint density at radius 3 is 2.89 bits per heavy atom. The highest BCUT2D eigenvalue weighted by atomic mass is 32.2. The SMILES string of the molecule is CN1CCCc2cc(NC(=O)C34CCC(=O)N3c3ccccc3S4)ccc21. The molecule has 27 heavy (non-hydrogen) atoms. The molecule has 1 N–H and O–H groups in total. The number of benzene rings is 2. The first-order valence-electron chi connectivity index (χ1n) is 9.35. The number of hydrogen-bond donors (Lipinski definition) is 1. The Morgan fingerprint density at radius 2 is 2.00 bits per heavy atom. The summed E-state index contributed by atoms with van der Waals surface area (Å²) in [6.07, 6.45) is 3.09. The maximum absolute atomic E-state index is 13.3. The molecule has 3 aliphatic heterocycles. The quantitative estimate of drug-likeness (QED) is 0.866. The molecular weight excluding hydrogens is 358 g/mol. The van der Waals surface area contributed by atoms with Gasteiger partial charge in [0.25, 0.3) is 5.91 Å². The zero-order valence-corrected chi connectivity index (χ0v) is 16.0. The van der Waals surface area contributed by atoms with Crippen molar-refractivity contribution in [1.29, 1.82) is 0 Å². The smallest absolute Gasteiger partial charge is 0.261 e. The lowest BCUT2D eigenvalue weighted by atomic mass is 10.0. The number of amides is 2. The Bertz CT molecular complexity index is 960. The number of nitrogens with one attached hydrogen (secondary N) is 1. The topological polar surface area (TPSA) is 52.7 Å². The lowest BCUT2D eigenvalue weighted by Gasteiger charge is -2.30. The van der Waals surface area contributed by atoms with E-state index >= 15 is 0 Å². The van der Waals surface area contributed by atoms with Crippen LogP contribution in [0.1, 0.15) is 24.8 Å². The molecule has 5 rings (SSSR count). The zero-order valence-electron chi connectivity index (χ0n) is 15.2. The van der Waals surface area contributed by atoms with Crippen molar-refractivity contribution >= 4 is 40.6 Å². The number of aryl methyl sites for hydroxylation is 1. The van der Waals surface area contributed by atoms with Crippen LogP contribution in [0.15, 0.2) is 47.4 Å². The van der Waals surface area contributed by atoms with Crippen molar-refractivity contribution in [2.75, 3.05) is 28.7 Å². The van der Waals surface area contributed by atoms with Crippen LogP contribution < -0.4 is 15.1 Å². The van der Waals surface area contributed by atoms with Crippen LogP contribution in [-0.2, 0) is 16.0 Å². The van der Waals surface area contributed by atoms with Crippen LogP contribution in [0.25, 0.3) is 0 Å². The largest absolute Gasteiger partial charge is 0.374 e. The second-order valence-electron chi connectivity index (χ2n) is 7.41. The fraction of sp³-hybridized carbons (Fsp3) is 0.333. The third kappa shape index (κ3) is 2.46. The van der Waals surface area contributed by atoms with Gasteiger partial charge < -0.3 is 10.2 Å². The number of rotatable bonds is 2. The monoisotopic (exact) mass is 379 g/mol. The van der Waals surface area contributed by atoms with Gasteiger partial charge in [-0.05, 0) is 55.2 Å². The van der Waals surface area contributed by atoms with Crippen LogP contribution in [0, 0.1) is 0 Å².